The van der Waals surface area contributed by atoms with E-state index < -0.39 is 5.41 Å². The van der Waals surface area contributed by atoms with Crippen LogP contribution in [0, 0.1) is 11.3 Å². The lowest BCUT2D eigenvalue weighted by atomic mass is 9.80. The van der Waals surface area contributed by atoms with E-state index in [2.05, 4.69) is 5.32 Å². The van der Waals surface area contributed by atoms with Gasteiger partial charge in [0.15, 0.2) is 5.41 Å². The third-order valence-electron chi connectivity index (χ3n) is 3.37. The van der Waals surface area contributed by atoms with Crippen molar-refractivity contribution in [2.75, 3.05) is 13.2 Å². The number of hydrogen-bond acceptors (Lipinski definition) is 3. The SMILES string of the molecule is CCOC(=O)[C@]12CCC[C@H]1CNC2=O. The molecule has 4 nitrogen and oxygen atoms in total. The lowest BCUT2D eigenvalue weighted by Gasteiger charge is -2.22. The van der Waals surface area contributed by atoms with Crippen molar-refractivity contribution >= 4 is 11.9 Å². The number of esters is 1. The van der Waals surface area contributed by atoms with Crippen LogP contribution in [0.4, 0.5) is 0 Å². The molecule has 1 heterocycles. The first kappa shape index (κ1) is 9.49. The van der Waals surface area contributed by atoms with E-state index in [-0.39, 0.29) is 17.8 Å². The molecule has 78 valence electrons. The Hall–Kier alpha value is -1.06. The van der Waals surface area contributed by atoms with Crippen molar-refractivity contribution in [1.82, 2.24) is 5.32 Å². The highest BCUT2D eigenvalue weighted by atomic mass is 16.5. The molecule has 1 saturated carbocycles. The van der Waals surface area contributed by atoms with Gasteiger partial charge >= 0.3 is 5.97 Å². The fraction of sp³-hybridized carbons (Fsp3) is 0.800. The third kappa shape index (κ3) is 1.06. The van der Waals surface area contributed by atoms with Gasteiger partial charge in [0.2, 0.25) is 5.91 Å². The van der Waals surface area contributed by atoms with Crippen molar-refractivity contribution in [3.63, 3.8) is 0 Å². The minimum atomic E-state index is -0.837. The maximum Gasteiger partial charge on any atom is 0.321 e. The second kappa shape index (κ2) is 3.26. The molecule has 1 amide bonds. The van der Waals surface area contributed by atoms with Gasteiger partial charge in [-0.3, -0.25) is 9.59 Å². The average molecular weight is 197 g/mol. The molecule has 0 aromatic heterocycles. The van der Waals surface area contributed by atoms with Gasteiger partial charge < -0.3 is 10.1 Å². The summed E-state index contributed by atoms with van der Waals surface area (Å²) in [6.45, 7) is 2.75. The average Bonchev–Trinajstić information content (AvgIpc) is 2.68. The molecule has 4 heteroatoms. The van der Waals surface area contributed by atoms with E-state index in [9.17, 15) is 9.59 Å². The van der Waals surface area contributed by atoms with E-state index in [1.54, 1.807) is 6.92 Å². The van der Waals surface area contributed by atoms with Crippen LogP contribution >= 0.6 is 0 Å². The number of carbonyl (C=O) groups is 2. The number of amides is 1. The second-order valence-electron chi connectivity index (χ2n) is 3.99. The molecule has 0 aromatic rings. The number of carbonyl (C=O) groups excluding carboxylic acids is 2. The molecule has 2 fully saturated rings. The Morgan fingerprint density at radius 1 is 1.71 bits per heavy atom. The van der Waals surface area contributed by atoms with Gasteiger partial charge in [0.25, 0.3) is 0 Å². The van der Waals surface area contributed by atoms with Crippen LogP contribution in [0.15, 0.2) is 0 Å². The van der Waals surface area contributed by atoms with E-state index in [4.69, 9.17) is 4.74 Å². The summed E-state index contributed by atoms with van der Waals surface area (Å²) in [4.78, 5) is 23.5. The summed E-state index contributed by atoms with van der Waals surface area (Å²) in [5.74, 6) is -0.287. The monoisotopic (exact) mass is 197 g/mol. The Kier molecular flexibility index (Phi) is 2.21. The third-order valence-corrected chi connectivity index (χ3v) is 3.37. The molecular weight excluding hydrogens is 182 g/mol. The molecule has 0 bridgehead atoms. The highest BCUT2D eigenvalue weighted by molar-refractivity contribution is 6.05. The zero-order chi connectivity index (χ0) is 10.2. The van der Waals surface area contributed by atoms with Crippen molar-refractivity contribution in [2.45, 2.75) is 26.2 Å². The molecule has 2 aliphatic rings. The second-order valence-corrected chi connectivity index (χ2v) is 3.99. The normalized spacial score (nSPS) is 35.2. The van der Waals surface area contributed by atoms with Gasteiger partial charge in [-0.25, -0.2) is 0 Å². The number of hydrogen-bond donors (Lipinski definition) is 1. The van der Waals surface area contributed by atoms with Crippen LogP contribution in [0.25, 0.3) is 0 Å². The number of nitrogens with one attached hydrogen (secondary N) is 1. The Morgan fingerprint density at radius 3 is 3.21 bits per heavy atom. The molecule has 1 saturated heterocycles. The van der Waals surface area contributed by atoms with E-state index in [1.807, 2.05) is 0 Å². The number of ether oxygens (including phenoxy) is 1. The van der Waals surface area contributed by atoms with Crippen molar-refractivity contribution in [3.8, 4) is 0 Å². The zero-order valence-corrected chi connectivity index (χ0v) is 8.34. The minimum Gasteiger partial charge on any atom is -0.465 e. The first-order valence-electron chi connectivity index (χ1n) is 5.17. The summed E-state index contributed by atoms with van der Waals surface area (Å²) in [6, 6.07) is 0. The first-order valence-corrected chi connectivity index (χ1v) is 5.17. The van der Waals surface area contributed by atoms with Crippen molar-refractivity contribution < 1.29 is 14.3 Å². The molecule has 0 aromatic carbocycles. The van der Waals surface area contributed by atoms with Gasteiger partial charge in [0.05, 0.1) is 6.61 Å². The molecule has 14 heavy (non-hydrogen) atoms. The minimum absolute atomic E-state index is 0.126. The topological polar surface area (TPSA) is 55.4 Å². The van der Waals surface area contributed by atoms with Crippen molar-refractivity contribution in [3.05, 3.63) is 0 Å². The Balaban J connectivity index is 2.26. The summed E-state index contributed by atoms with van der Waals surface area (Å²) < 4.78 is 5.00. The van der Waals surface area contributed by atoms with E-state index >= 15 is 0 Å². The van der Waals surface area contributed by atoms with Gasteiger partial charge in [-0.2, -0.15) is 0 Å². The largest absolute Gasteiger partial charge is 0.465 e. The molecule has 1 aliphatic heterocycles. The molecule has 0 radical (unpaired) electrons. The van der Waals surface area contributed by atoms with Crippen molar-refractivity contribution in [2.24, 2.45) is 11.3 Å². The van der Waals surface area contributed by atoms with Crippen LogP contribution in [-0.2, 0) is 14.3 Å². The number of rotatable bonds is 2. The number of fused-ring (bicyclic) bond motifs is 1. The van der Waals surface area contributed by atoms with Gasteiger partial charge in [0.1, 0.15) is 0 Å². The highest BCUT2D eigenvalue weighted by Crippen LogP contribution is 2.47. The lowest BCUT2D eigenvalue weighted by molar-refractivity contribution is -0.160. The van der Waals surface area contributed by atoms with Crippen LogP contribution < -0.4 is 5.32 Å². The Bertz CT molecular complexity index is 277. The Morgan fingerprint density at radius 2 is 2.50 bits per heavy atom. The summed E-state index contributed by atoms with van der Waals surface area (Å²) >= 11 is 0. The summed E-state index contributed by atoms with van der Waals surface area (Å²) in [5.41, 5.74) is -0.837. The van der Waals surface area contributed by atoms with Crippen LogP contribution in [0.5, 0.6) is 0 Å². The van der Waals surface area contributed by atoms with Crippen LogP contribution in [0.2, 0.25) is 0 Å². The van der Waals surface area contributed by atoms with Crippen LogP contribution in [0.3, 0.4) is 0 Å². The standard InChI is InChI=1S/C10H15NO3/c1-2-14-9(13)10-5-3-4-7(10)6-11-8(10)12/h7H,2-6H2,1H3,(H,11,12)/t7-,10+/m0/s1. The predicted octanol–water partition coefficient (Wildman–Crippen LogP) is 0.466. The quantitative estimate of drug-likeness (QED) is 0.517. The predicted molar refractivity (Wildman–Crippen MR) is 49.4 cm³/mol. The molecule has 1 N–H and O–H groups in total. The Labute approximate surface area is 83.0 Å². The fourth-order valence-electron chi connectivity index (χ4n) is 2.65. The van der Waals surface area contributed by atoms with E-state index in [0.29, 0.717) is 19.6 Å². The fourth-order valence-corrected chi connectivity index (χ4v) is 2.65. The first-order chi connectivity index (χ1) is 6.71. The molecule has 2 rings (SSSR count). The smallest absolute Gasteiger partial charge is 0.321 e. The molecule has 0 spiro atoms. The maximum absolute atomic E-state index is 11.8. The lowest BCUT2D eigenvalue weighted by Crippen LogP contribution is -2.41. The summed E-state index contributed by atoms with van der Waals surface area (Å²) in [5, 5.41) is 2.76. The highest BCUT2D eigenvalue weighted by Gasteiger charge is 2.59. The van der Waals surface area contributed by atoms with Crippen LogP contribution in [0.1, 0.15) is 26.2 Å². The summed E-state index contributed by atoms with van der Waals surface area (Å²) in [7, 11) is 0. The van der Waals surface area contributed by atoms with E-state index in [1.165, 1.54) is 0 Å². The van der Waals surface area contributed by atoms with E-state index in [0.717, 1.165) is 12.8 Å². The molecule has 1 aliphatic carbocycles. The molecule has 0 unspecified atom stereocenters. The van der Waals surface area contributed by atoms with Crippen LogP contribution in [-0.4, -0.2) is 25.0 Å². The van der Waals surface area contributed by atoms with Gasteiger partial charge in [0, 0.05) is 12.5 Å². The maximum atomic E-state index is 11.8. The zero-order valence-electron chi connectivity index (χ0n) is 8.34. The molecule has 2 atom stereocenters. The van der Waals surface area contributed by atoms with Crippen molar-refractivity contribution in [1.29, 1.82) is 0 Å². The summed E-state index contributed by atoms with van der Waals surface area (Å²) in [6.07, 6.45) is 2.57. The molecular formula is C10H15NO3. The van der Waals surface area contributed by atoms with Gasteiger partial charge in [-0.15, -0.1) is 0 Å². The van der Waals surface area contributed by atoms with Gasteiger partial charge in [-0.05, 0) is 19.8 Å². The van der Waals surface area contributed by atoms with Gasteiger partial charge in [-0.1, -0.05) is 6.42 Å².